The molecule has 0 saturated heterocycles. The summed E-state index contributed by atoms with van der Waals surface area (Å²) >= 11 is 0. The summed E-state index contributed by atoms with van der Waals surface area (Å²) in [7, 11) is 3.45. The van der Waals surface area contributed by atoms with Crippen LogP contribution in [0.15, 0.2) is 24.3 Å². The quantitative estimate of drug-likeness (QED) is 0.913. The number of hydrogen-bond acceptors (Lipinski definition) is 3. The highest BCUT2D eigenvalue weighted by Gasteiger charge is 2.15. The van der Waals surface area contributed by atoms with Crippen LogP contribution in [0.2, 0.25) is 0 Å². The van der Waals surface area contributed by atoms with Gasteiger partial charge < -0.3 is 14.4 Å². The van der Waals surface area contributed by atoms with E-state index in [0.29, 0.717) is 0 Å². The molecule has 1 heterocycles. The van der Waals surface area contributed by atoms with Gasteiger partial charge in [0.2, 0.25) is 0 Å². The van der Waals surface area contributed by atoms with Crippen molar-refractivity contribution >= 4 is 5.97 Å². The lowest BCUT2D eigenvalue weighted by Crippen LogP contribution is -2.07. The van der Waals surface area contributed by atoms with E-state index in [1.54, 1.807) is 7.11 Å². The molecule has 2 rings (SSSR count). The van der Waals surface area contributed by atoms with Crippen molar-refractivity contribution in [2.75, 3.05) is 7.11 Å². The summed E-state index contributed by atoms with van der Waals surface area (Å²) in [6, 6.07) is 7.53. The maximum atomic E-state index is 10.8. The van der Waals surface area contributed by atoms with Gasteiger partial charge in [0.05, 0.1) is 24.9 Å². The summed E-state index contributed by atoms with van der Waals surface area (Å²) in [5.41, 5.74) is 2.40. The number of aliphatic carboxylic acids is 1. The van der Waals surface area contributed by atoms with Gasteiger partial charge in [0.1, 0.15) is 11.6 Å². The molecule has 0 aliphatic heterocycles. The Morgan fingerprint density at radius 1 is 1.37 bits per heavy atom. The largest absolute Gasteiger partial charge is 0.497 e. The Morgan fingerprint density at radius 3 is 2.53 bits per heavy atom. The van der Waals surface area contributed by atoms with E-state index in [9.17, 15) is 4.79 Å². The van der Waals surface area contributed by atoms with Gasteiger partial charge in [0.25, 0.3) is 0 Å². The predicted octanol–water partition coefficient (Wildman–Crippen LogP) is 2.03. The van der Waals surface area contributed by atoms with Crippen LogP contribution in [0.5, 0.6) is 5.75 Å². The summed E-state index contributed by atoms with van der Waals surface area (Å²) in [5, 5.41) is 8.91. The third kappa shape index (κ3) is 2.59. The van der Waals surface area contributed by atoms with Crippen LogP contribution in [0.25, 0.3) is 11.4 Å². The number of aryl methyl sites for hydroxylation is 1. The van der Waals surface area contributed by atoms with Crippen LogP contribution in [-0.2, 0) is 18.3 Å². The summed E-state index contributed by atoms with van der Waals surface area (Å²) in [6.07, 6.45) is -0.0223. The van der Waals surface area contributed by atoms with E-state index in [-0.39, 0.29) is 6.42 Å². The lowest BCUT2D eigenvalue weighted by atomic mass is 10.2. The zero-order valence-electron chi connectivity index (χ0n) is 11.2. The van der Waals surface area contributed by atoms with Gasteiger partial charge in [-0.15, -0.1) is 0 Å². The van der Waals surface area contributed by atoms with E-state index in [2.05, 4.69) is 4.98 Å². The first-order valence-electron chi connectivity index (χ1n) is 5.91. The Balaban J connectivity index is 2.42. The molecular formula is C14H16N2O3. The van der Waals surface area contributed by atoms with Gasteiger partial charge in [-0.2, -0.15) is 0 Å². The third-order valence-electron chi connectivity index (χ3n) is 3.08. The van der Waals surface area contributed by atoms with Crippen molar-refractivity contribution in [1.29, 1.82) is 0 Å². The number of rotatable bonds is 4. The molecule has 0 aliphatic rings. The van der Waals surface area contributed by atoms with Gasteiger partial charge in [-0.25, -0.2) is 4.98 Å². The molecule has 0 fully saturated rings. The number of aromatic nitrogens is 2. The molecule has 0 saturated carbocycles. The number of methoxy groups -OCH3 is 1. The molecule has 0 atom stereocenters. The minimum absolute atomic E-state index is 0.0223. The molecule has 0 bridgehead atoms. The molecule has 1 aromatic carbocycles. The lowest BCUT2D eigenvalue weighted by molar-refractivity contribution is -0.136. The first-order chi connectivity index (χ1) is 9.02. The zero-order chi connectivity index (χ0) is 14.0. The van der Waals surface area contributed by atoms with Crippen molar-refractivity contribution in [3.05, 3.63) is 35.7 Å². The van der Waals surface area contributed by atoms with Gasteiger partial charge in [-0.05, 0) is 31.2 Å². The molecule has 2 aromatic rings. The molecule has 0 unspecified atom stereocenters. The van der Waals surface area contributed by atoms with Crippen molar-refractivity contribution in [3.63, 3.8) is 0 Å². The molecule has 0 spiro atoms. The van der Waals surface area contributed by atoms with Crippen LogP contribution in [0, 0.1) is 6.92 Å². The summed E-state index contributed by atoms with van der Waals surface area (Å²) in [6.45, 7) is 1.82. The smallest absolute Gasteiger partial charge is 0.309 e. The Hall–Kier alpha value is -2.30. The van der Waals surface area contributed by atoms with Crippen LogP contribution in [0.3, 0.4) is 0 Å². The highest BCUT2D eigenvalue weighted by atomic mass is 16.5. The summed E-state index contributed by atoms with van der Waals surface area (Å²) < 4.78 is 6.94. The molecule has 0 radical (unpaired) electrons. The van der Waals surface area contributed by atoms with E-state index in [4.69, 9.17) is 9.84 Å². The first kappa shape index (κ1) is 13.1. The van der Waals surface area contributed by atoms with Crippen LogP contribution in [-0.4, -0.2) is 27.7 Å². The van der Waals surface area contributed by atoms with Crippen LogP contribution < -0.4 is 4.74 Å². The van der Waals surface area contributed by atoms with Gasteiger partial charge >= 0.3 is 5.97 Å². The van der Waals surface area contributed by atoms with E-state index in [1.807, 2.05) is 42.8 Å². The van der Waals surface area contributed by atoms with Crippen LogP contribution >= 0.6 is 0 Å². The molecule has 1 N–H and O–H groups in total. The monoisotopic (exact) mass is 260 g/mol. The average Bonchev–Trinajstić information content (AvgIpc) is 2.66. The third-order valence-corrected chi connectivity index (χ3v) is 3.08. The molecule has 19 heavy (non-hydrogen) atoms. The molecule has 100 valence electrons. The highest BCUT2D eigenvalue weighted by Crippen LogP contribution is 2.23. The Kier molecular flexibility index (Phi) is 3.55. The SMILES string of the molecule is COc1ccc(-c2nc(C)c(CC(=O)O)n2C)cc1. The molecule has 0 aliphatic carbocycles. The molecule has 5 nitrogen and oxygen atoms in total. The Bertz CT molecular complexity index is 600. The van der Waals surface area contributed by atoms with Crippen LogP contribution in [0.4, 0.5) is 0 Å². The fourth-order valence-corrected chi connectivity index (χ4v) is 2.06. The van der Waals surface area contributed by atoms with Gasteiger partial charge in [-0.1, -0.05) is 0 Å². The summed E-state index contributed by atoms with van der Waals surface area (Å²) in [5.74, 6) is 0.684. The second-order valence-electron chi connectivity index (χ2n) is 4.33. The van der Waals surface area contributed by atoms with Crippen molar-refractivity contribution in [1.82, 2.24) is 9.55 Å². The second-order valence-corrected chi connectivity index (χ2v) is 4.33. The zero-order valence-corrected chi connectivity index (χ0v) is 11.2. The maximum Gasteiger partial charge on any atom is 0.309 e. The van der Waals surface area contributed by atoms with Gasteiger partial charge in [-0.3, -0.25) is 4.79 Å². The van der Waals surface area contributed by atoms with Crippen LogP contribution in [0.1, 0.15) is 11.4 Å². The topological polar surface area (TPSA) is 64.3 Å². The second kappa shape index (κ2) is 5.14. The molecule has 5 heteroatoms. The van der Waals surface area contributed by atoms with E-state index >= 15 is 0 Å². The average molecular weight is 260 g/mol. The number of carbonyl (C=O) groups is 1. The number of carboxylic acids is 1. The van der Waals surface area contributed by atoms with Gasteiger partial charge in [0.15, 0.2) is 0 Å². The number of hydrogen-bond donors (Lipinski definition) is 1. The minimum atomic E-state index is -0.854. The summed E-state index contributed by atoms with van der Waals surface area (Å²) in [4.78, 5) is 15.3. The Morgan fingerprint density at radius 2 is 2.00 bits per heavy atom. The Labute approximate surface area is 111 Å². The fourth-order valence-electron chi connectivity index (χ4n) is 2.06. The molecule has 1 aromatic heterocycles. The normalized spacial score (nSPS) is 10.5. The maximum absolute atomic E-state index is 10.8. The number of benzene rings is 1. The lowest BCUT2D eigenvalue weighted by Gasteiger charge is -2.06. The van der Waals surface area contributed by atoms with E-state index < -0.39 is 5.97 Å². The van der Waals surface area contributed by atoms with Crippen molar-refractivity contribution in [2.24, 2.45) is 7.05 Å². The molecule has 0 amide bonds. The number of imidazole rings is 1. The van der Waals surface area contributed by atoms with Crippen molar-refractivity contribution in [3.8, 4) is 17.1 Å². The predicted molar refractivity (Wildman–Crippen MR) is 71.3 cm³/mol. The fraction of sp³-hybridized carbons (Fsp3) is 0.286. The van der Waals surface area contributed by atoms with Crippen molar-refractivity contribution < 1.29 is 14.6 Å². The number of ether oxygens (including phenoxy) is 1. The van der Waals surface area contributed by atoms with Crippen molar-refractivity contribution in [2.45, 2.75) is 13.3 Å². The van der Waals surface area contributed by atoms with E-state index in [1.165, 1.54) is 0 Å². The minimum Gasteiger partial charge on any atom is -0.497 e. The first-order valence-corrected chi connectivity index (χ1v) is 5.91. The highest BCUT2D eigenvalue weighted by molar-refractivity contribution is 5.70. The standard InChI is InChI=1S/C14H16N2O3/c1-9-12(8-13(17)18)16(2)14(15-9)10-4-6-11(19-3)7-5-10/h4-7H,8H2,1-3H3,(H,17,18). The number of nitrogens with zero attached hydrogens (tertiary/aromatic N) is 2. The van der Waals surface area contributed by atoms with E-state index in [0.717, 1.165) is 28.5 Å². The number of carboxylic acid groups (broad SMARTS) is 1. The van der Waals surface area contributed by atoms with Gasteiger partial charge in [0, 0.05) is 12.6 Å². The molecular weight excluding hydrogens is 244 g/mol.